The fourth-order valence-corrected chi connectivity index (χ4v) is 3.59. The first kappa shape index (κ1) is 15.3. The Morgan fingerprint density at radius 2 is 1.92 bits per heavy atom. The number of furan rings is 1. The van der Waals surface area contributed by atoms with E-state index in [1.54, 1.807) is 12.5 Å². The molecule has 0 bridgehead atoms. The van der Waals surface area contributed by atoms with Gasteiger partial charge in [0.25, 0.3) is 0 Å². The maximum absolute atomic E-state index is 6.01. The van der Waals surface area contributed by atoms with Crippen LogP contribution < -0.4 is 10.6 Å². The third-order valence-electron chi connectivity index (χ3n) is 5.16. The summed E-state index contributed by atoms with van der Waals surface area (Å²) in [6.45, 7) is 2.38. The van der Waals surface area contributed by atoms with Gasteiger partial charge in [0.15, 0.2) is 5.76 Å². The van der Waals surface area contributed by atoms with Gasteiger partial charge >= 0.3 is 0 Å². The molecule has 1 aliphatic carbocycles. The normalized spacial score (nSPS) is 31.2. The van der Waals surface area contributed by atoms with Crippen LogP contribution in [0.5, 0.6) is 0 Å². The Kier molecular flexibility index (Phi) is 3.92. The number of rotatable bonds is 6. The van der Waals surface area contributed by atoms with Crippen LogP contribution in [-0.4, -0.2) is 54.0 Å². The van der Waals surface area contributed by atoms with Crippen molar-refractivity contribution >= 4 is 5.95 Å². The summed E-state index contributed by atoms with van der Waals surface area (Å²) >= 11 is 0. The molecule has 7 heteroatoms. The maximum Gasteiger partial charge on any atom is 0.223 e. The van der Waals surface area contributed by atoms with E-state index in [-0.39, 0.29) is 24.3 Å². The lowest BCUT2D eigenvalue weighted by atomic mass is 10.1. The first-order chi connectivity index (χ1) is 12.4. The SMILES string of the molecule is c1coc(-c2ccnc(N[C@@H]3CO[C@@H]4[C@@H]3OC[C@@H]4NCC3CC3)n2)c1. The molecule has 5 rings (SSSR count). The van der Waals surface area contributed by atoms with Crippen LogP contribution in [0.25, 0.3) is 11.5 Å². The van der Waals surface area contributed by atoms with Gasteiger partial charge in [0.2, 0.25) is 5.95 Å². The Morgan fingerprint density at radius 3 is 2.72 bits per heavy atom. The van der Waals surface area contributed by atoms with E-state index in [2.05, 4.69) is 20.6 Å². The van der Waals surface area contributed by atoms with Crippen LogP contribution in [0.2, 0.25) is 0 Å². The van der Waals surface area contributed by atoms with Crippen molar-refractivity contribution in [2.24, 2.45) is 5.92 Å². The fraction of sp³-hybridized carbons (Fsp3) is 0.556. The number of ether oxygens (including phenoxy) is 2. The smallest absolute Gasteiger partial charge is 0.223 e. The summed E-state index contributed by atoms with van der Waals surface area (Å²) in [7, 11) is 0. The topological polar surface area (TPSA) is 81.4 Å². The monoisotopic (exact) mass is 342 g/mol. The molecule has 2 N–H and O–H groups in total. The standard InChI is InChI=1S/C18H22N4O3/c1-2-15(23-7-1)12-5-6-19-18(21-12)22-14-10-25-16-13(9-24-17(14)16)20-8-11-3-4-11/h1-2,5-7,11,13-14,16-17,20H,3-4,8-10H2,(H,19,21,22)/t13-,14+,16-,17+/m0/s1. The summed E-state index contributed by atoms with van der Waals surface area (Å²) in [6, 6.07) is 5.91. The average Bonchev–Trinajstić information content (AvgIpc) is 3.03. The van der Waals surface area contributed by atoms with Crippen molar-refractivity contribution in [2.75, 3.05) is 25.1 Å². The van der Waals surface area contributed by atoms with Crippen LogP contribution in [0.4, 0.5) is 5.95 Å². The Hall–Kier alpha value is -1.96. The molecule has 0 spiro atoms. The first-order valence-corrected chi connectivity index (χ1v) is 8.97. The van der Waals surface area contributed by atoms with Crippen molar-refractivity contribution in [1.82, 2.24) is 15.3 Å². The van der Waals surface area contributed by atoms with Crippen LogP contribution in [0.1, 0.15) is 12.8 Å². The van der Waals surface area contributed by atoms with Crippen molar-refractivity contribution in [3.63, 3.8) is 0 Å². The number of nitrogens with zero attached hydrogens (tertiary/aromatic N) is 2. The second kappa shape index (κ2) is 6.40. The second-order valence-electron chi connectivity index (χ2n) is 7.05. The zero-order valence-corrected chi connectivity index (χ0v) is 13.9. The molecule has 0 unspecified atom stereocenters. The number of nitrogens with one attached hydrogen (secondary N) is 2. The fourth-order valence-electron chi connectivity index (χ4n) is 3.59. The Bertz CT molecular complexity index is 719. The lowest BCUT2D eigenvalue weighted by Gasteiger charge is -2.18. The Morgan fingerprint density at radius 1 is 1.08 bits per heavy atom. The second-order valence-corrected chi connectivity index (χ2v) is 7.05. The number of hydrogen-bond donors (Lipinski definition) is 2. The molecule has 1 saturated carbocycles. The van der Waals surface area contributed by atoms with E-state index in [9.17, 15) is 0 Å². The van der Waals surface area contributed by atoms with Gasteiger partial charge in [-0.3, -0.25) is 0 Å². The first-order valence-electron chi connectivity index (χ1n) is 8.97. The third-order valence-corrected chi connectivity index (χ3v) is 5.16. The van der Waals surface area contributed by atoms with Gasteiger partial charge in [-0.1, -0.05) is 0 Å². The molecule has 3 fully saturated rings. The Labute approximate surface area is 146 Å². The quantitative estimate of drug-likeness (QED) is 0.826. The largest absolute Gasteiger partial charge is 0.463 e. The zero-order valence-electron chi connectivity index (χ0n) is 13.9. The molecule has 2 aromatic rings. The molecule has 25 heavy (non-hydrogen) atoms. The van der Waals surface area contributed by atoms with Gasteiger partial charge < -0.3 is 24.5 Å². The van der Waals surface area contributed by atoms with Crippen molar-refractivity contribution in [1.29, 1.82) is 0 Å². The van der Waals surface area contributed by atoms with Gasteiger partial charge in [-0.15, -0.1) is 0 Å². The van der Waals surface area contributed by atoms with Gasteiger partial charge in [0, 0.05) is 6.20 Å². The highest BCUT2D eigenvalue weighted by Crippen LogP contribution is 2.31. The van der Waals surface area contributed by atoms with Crippen LogP contribution in [0.3, 0.4) is 0 Å². The van der Waals surface area contributed by atoms with Crippen molar-refractivity contribution in [3.8, 4) is 11.5 Å². The molecule has 2 aromatic heterocycles. The van der Waals surface area contributed by atoms with E-state index in [1.807, 2.05) is 18.2 Å². The molecule has 4 atom stereocenters. The van der Waals surface area contributed by atoms with Gasteiger partial charge in [0.1, 0.15) is 17.9 Å². The number of fused-ring (bicyclic) bond motifs is 1. The molecule has 132 valence electrons. The van der Waals surface area contributed by atoms with Crippen molar-refractivity contribution in [2.45, 2.75) is 37.1 Å². The average molecular weight is 342 g/mol. The summed E-state index contributed by atoms with van der Waals surface area (Å²) in [5.74, 6) is 2.15. The minimum absolute atomic E-state index is 0.0348. The maximum atomic E-state index is 6.01. The van der Waals surface area contributed by atoms with Gasteiger partial charge in [-0.2, -0.15) is 0 Å². The van der Waals surface area contributed by atoms with Crippen LogP contribution >= 0.6 is 0 Å². The molecular weight excluding hydrogens is 320 g/mol. The van der Waals surface area contributed by atoms with Crippen molar-refractivity contribution in [3.05, 3.63) is 30.7 Å². The molecule has 2 saturated heterocycles. The highest BCUT2D eigenvalue weighted by Gasteiger charge is 2.48. The predicted molar refractivity (Wildman–Crippen MR) is 91.1 cm³/mol. The van der Waals surface area contributed by atoms with E-state index in [0.717, 1.165) is 23.9 Å². The molecule has 7 nitrogen and oxygen atoms in total. The molecule has 0 amide bonds. The minimum Gasteiger partial charge on any atom is -0.463 e. The van der Waals surface area contributed by atoms with Gasteiger partial charge in [-0.25, -0.2) is 9.97 Å². The number of hydrogen-bond acceptors (Lipinski definition) is 7. The van der Waals surface area contributed by atoms with E-state index in [1.165, 1.54) is 12.8 Å². The summed E-state index contributed by atoms with van der Waals surface area (Å²) in [5, 5.41) is 6.98. The molecule has 4 heterocycles. The molecule has 2 aliphatic heterocycles. The number of anilines is 1. The predicted octanol–water partition coefficient (Wildman–Crippen LogP) is 1.68. The van der Waals surface area contributed by atoms with Crippen LogP contribution in [-0.2, 0) is 9.47 Å². The lowest BCUT2D eigenvalue weighted by Crippen LogP contribution is -2.42. The Balaban J connectivity index is 1.24. The molecule has 3 aliphatic rings. The summed E-state index contributed by atoms with van der Waals surface area (Å²) in [6.07, 6.45) is 6.21. The molecular formula is C18H22N4O3. The summed E-state index contributed by atoms with van der Waals surface area (Å²) < 4.78 is 17.4. The van der Waals surface area contributed by atoms with E-state index < -0.39 is 0 Å². The third kappa shape index (κ3) is 3.15. The lowest BCUT2D eigenvalue weighted by molar-refractivity contribution is 0.0675. The van der Waals surface area contributed by atoms with Crippen LogP contribution in [0.15, 0.2) is 35.1 Å². The van der Waals surface area contributed by atoms with E-state index >= 15 is 0 Å². The van der Waals surface area contributed by atoms with Crippen LogP contribution in [0, 0.1) is 5.92 Å². The highest BCUT2D eigenvalue weighted by atomic mass is 16.6. The van der Waals surface area contributed by atoms with E-state index in [4.69, 9.17) is 13.9 Å². The summed E-state index contributed by atoms with van der Waals surface area (Å²) in [4.78, 5) is 8.86. The zero-order chi connectivity index (χ0) is 16.6. The minimum atomic E-state index is 0.0348. The van der Waals surface area contributed by atoms with Gasteiger partial charge in [0.05, 0.1) is 31.6 Å². The highest BCUT2D eigenvalue weighted by molar-refractivity contribution is 5.53. The van der Waals surface area contributed by atoms with Gasteiger partial charge in [-0.05, 0) is 43.5 Å². The van der Waals surface area contributed by atoms with Crippen molar-refractivity contribution < 1.29 is 13.9 Å². The summed E-state index contributed by atoms with van der Waals surface area (Å²) in [5.41, 5.74) is 0.759. The number of aromatic nitrogens is 2. The van der Waals surface area contributed by atoms with E-state index in [0.29, 0.717) is 19.2 Å². The molecule has 0 radical (unpaired) electrons. The molecule has 0 aromatic carbocycles.